The highest BCUT2D eigenvalue weighted by molar-refractivity contribution is 5.68. The van der Waals surface area contributed by atoms with E-state index < -0.39 is 0 Å². The molecule has 0 aliphatic rings. The molecule has 0 saturated carbocycles. The molecule has 4 nitrogen and oxygen atoms in total. The maximum absolute atomic E-state index is 10.9. The predicted molar refractivity (Wildman–Crippen MR) is 75.2 cm³/mol. The summed E-state index contributed by atoms with van der Waals surface area (Å²) in [7, 11) is 0. The molecule has 1 aromatic carbocycles. The summed E-state index contributed by atoms with van der Waals surface area (Å²) in [5.74, 6) is 0.723. The molecule has 4 heteroatoms. The number of hydrogen-bond acceptors (Lipinski definition) is 4. The summed E-state index contributed by atoms with van der Waals surface area (Å²) in [6.07, 6.45) is 0.603. The lowest BCUT2D eigenvalue weighted by Gasteiger charge is -2.11. The number of ether oxygens (including phenoxy) is 2. The van der Waals surface area contributed by atoms with E-state index in [0.717, 1.165) is 17.9 Å². The molecule has 0 spiro atoms. The summed E-state index contributed by atoms with van der Waals surface area (Å²) in [6.45, 7) is 7.60. The van der Waals surface area contributed by atoms with Crippen LogP contribution in [0.25, 0.3) is 0 Å². The quantitative estimate of drug-likeness (QED) is 0.579. The number of benzene rings is 1. The lowest BCUT2D eigenvalue weighted by molar-refractivity contribution is -0.143. The number of hydrogen-bond donors (Lipinski definition) is 1. The second-order valence-corrected chi connectivity index (χ2v) is 4.56. The van der Waals surface area contributed by atoms with Gasteiger partial charge in [0.2, 0.25) is 0 Å². The van der Waals surface area contributed by atoms with Gasteiger partial charge in [-0.15, -0.1) is 0 Å². The Bertz CT molecular complexity index is 391. The van der Waals surface area contributed by atoms with Crippen molar-refractivity contribution in [3.05, 3.63) is 29.8 Å². The van der Waals surface area contributed by atoms with Crippen LogP contribution in [0.4, 0.5) is 0 Å². The molecule has 1 rings (SSSR count). The molecule has 0 saturated heterocycles. The van der Waals surface area contributed by atoms with Gasteiger partial charge in [-0.25, -0.2) is 0 Å². The van der Waals surface area contributed by atoms with Gasteiger partial charge >= 0.3 is 5.97 Å². The Labute approximate surface area is 115 Å². The van der Waals surface area contributed by atoms with Gasteiger partial charge in [0.05, 0.1) is 6.10 Å². The number of carbonyl (C=O) groups excluding carboxylic acids is 1. The van der Waals surface area contributed by atoms with Crippen molar-refractivity contribution < 1.29 is 14.3 Å². The molecule has 0 aliphatic carbocycles. The van der Waals surface area contributed by atoms with Crippen LogP contribution >= 0.6 is 0 Å². The van der Waals surface area contributed by atoms with E-state index in [2.05, 4.69) is 5.32 Å². The zero-order valence-corrected chi connectivity index (χ0v) is 11.9. The number of esters is 1. The maximum Gasteiger partial charge on any atom is 0.305 e. The number of nitrogens with one attached hydrogen (secondary N) is 1. The van der Waals surface area contributed by atoms with Crippen molar-refractivity contribution in [3.8, 4) is 5.75 Å². The first-order valence-corrected chi connectivity index (χ1v) is 6.73. The summed E-state index contributed by atoms with van der Waals surface area (Å²) in [4.78, 5) is 10.9. The molecule has 0 fully saturated rings. The van der Waals surface area contributed by atoms with Crippen LogP contribution in [-0.4, -0.2) is 25.2 Å². The third kappa shape index (κ3) is 6.82. The average Bonchev–Trinajstić information content (AvgIpc) is 2.37. The Balaban J connectivity index is 2.27. The van der Waals surface area contributed by atoms with Gasteiger partial charge in [0.1, 0.15) is 12.4 Å². The minimum absolute atomic E-state index is 0.158. The number of rotatable bonds is 8. The van der Waals surface area contributed by atoms with Crippen molar-refractivity contribution in [3.63, 3.8) is 0 Å². The molecule has 0 aliphatic heterocycles. The topological polar surface area (TPSA) is 47.6 Å². The van der Waals surface area contributed by atoms with Crippen LogP contribution in [0, 0.1) is 0 Å². The molecule has 0 heterocycles. The summed E-state index contributed by atoms with van der Waals surface area (Å²) >= 11 is 0. The Morgan fingerprint density at radius 3 is 2.84 bits per heavy atom. The SMILES string of the molecule is CCC(=O)OCCNCc1cccc(OC(C)C)c1. The van der Waals surface area contributed by atoms with Crippen molar-refractivity contribution in [1.29, 1.82) is 0 Å². The molecule has 0 aromatic heterocycles. The van der Waals surface area contributed by atoms with Crippen LogP contribution in [0.2, 0.25) is 0 Å². The molecule has 106 valence electrons. The van der Waals surface area contributed by atoms with Crippen LogP contribution < -0.4 is 10.1 Å². The summed E-state index contributed by atoms with van der Waals surface area (Å²) < 4.78 is 10.6. The molecule has 0 amide bonds. The van der Waals surface area contributed by atoms with E-state index in [1.54, 1.807) is 6.92 Å². The van der Waals surface area contributed by atoms with Gasteiger partial charge in [-0.3, -0.25) is 4.79 Å². The van der Waals surface area contributed by atoms with E-state index >= 15 is 0 Å². The van der Waals surface area contributed by atoms with Crippen molar-refractivity contribution >= 4 is 5.97 Å². The van der Waals surface area contributed by atoms with Gasteiger partial charge in [-0.1, -0.05) is 19.1 Å². The molecule has 0 unspecified atom stereocenters. The van der Waals surface area contributed by atoms with E-state index in [9.17, 15) is 4.79 Å². The smallest absolute Gasteiger partial charge is 0.305 e. The van der Waals surface area contributed by atoms with E-state index in [-0.39, 0.29) is 12.1 Å². The monoisotopic (exact) mass is 265 g/mol. The molecule has 0 atom stereocenters. The fraction of sp³-hybridized carbons (Fsp3) is 0.533. The molecule has 0 radical (unpaired) electrons. The first-order valence-electron chi connectivity index (χ1n) is 6.73. The second-order valence-electron chi connectivity index (χ2n) is 4.56. The van der Waals surface area contributed by atoms with Crippen molar-refractivity contribution in [1.82, 2.24) is 5.32 Å². The Morgan fingerprint density at radius 1 is 1.37 bits per heavy atom. The highest BCUT2D eigenvalue weighted by Crippen LogP contribution is 2.14. The highest BCUT2D eigenvalue weighted by Gasteiger charge is 2.00. The van der Waals surface area contributed by atoms with E-state index in [4.69, 9.17) is 9.47 Å². The molecular formula is C15H23NO3. The third-order valence-electron chi connectivity index (χ3n) is 2.43. The second kappa shape index (κ2) is 8.53. The standard InChI is InChI=1S/C15H23NO3/c1-4-15(17)18-9-8-16-11-13-6-5-7-14(10-13)19-12(2)3/h5-7,10,12,16H,4,8-9,11H2,1-3H3. The molecule has 1 aromatic rings. The Morgan fingerprint density at radius 2 is 2.16 bits per heavy atom. The van der Waals surface area contributed by atoms with Crippen LogP contribution in [0.3, 0.4) is 0 Å². The van der Waals surface area contributed by atoms with Gasteiger partial charge in [-0.2, -0.15) is 0 Å². The van der Waals surface area contributed by atoms with Gasteiger partial charge < -0.3 is 14.8 Å². The largest absolute Gasteiger partial charge is 0.491 e. The predicted octanol–water partition coefficient (Wildman–Crippen LogP) is 2.52. The number of carbonyl (C=O) groups is 1. The molecule has 1 N–H and O–H groups in total. The fourth-order valence-electron chi connectivity index (χ4n) is 1.57. The van der Waals surface area contributed by atoms with Crippen LogP contribution in [0.15, 0.2) is 24.3 Å². The van der Waals surface area contributed by atoms with Crippen LogP contribution in [0.5, 0.6) is 5.75 Å². The van der Waals surface area contributed by atoms with Crippen LogP contribution in [0.1, 0.15) is 32.8 Å². The molecule has 19 heavy (non-hydrogen) atoms. The summed E-state index contributed by atoms with van der Waals surface area (Å²) in [5.41, 5.74) is 1.15. The van der Waals surface area contributed by atoms with Gasteiger partial charge in [0.25, 0.3) is 0 Å². The zero-order chi connectivity index (χ0) is 14.1. The lowest BCUT2D eigenvalue weighted by Crippen LogP contribution is -2.20. The van der Waals surface area contributed by atoms with Crippen molar-refractivity contribution in [2.45, 2.75) is 39.8 Å². The van der Waals surface area contributed by atoms with E-state index in [1.807, 2.05) is 38.1 Å². The Kier molecular flexibility index (Phi) is 6.97. The van der Waals surface area contributed by atoms with E-state index in [1.165, 1.54) is 0 Å². The first kappa shape index (κ1) is 15.5. The minimum atomic E-state index is -0.158. The lowest BCUT2D eigenvalue weighted by atomic mass is 10.2. The zero-order valence-electron chi connectivity index (χ0n) is 11.9. The highest BCUT2D eigenvalue weighted by atomic mass is 16.5. The first-order chi connectivity index (χ1) is 9.11. The summed E-state index contributed by atoms with van der Waals surface area (Å²) in [6, 6.07) is 7.99. The fourth-order valence-corrected chi connectivity index (χ4v) is 1.57. The average molecular weight is 265 g/mol. The molecular weight excluding hydrogens is 242 g/mol. The van der Waals surface area contributed by atoms with Crippen molar-refractivity contribution in [2.75, 3.05) is 13.2 Å². The molecule has 0 bridgehead atoms. The third-order valence-corrected chi connectivity index (χ3v) is 2.43. The van der Waals surface area contributed by atoms with Crippen LogP contribution in [-0.2, 0) is 16.1 Å². The van der Waals surface area contributed by atoms with Gasteiger partial charge in [-0.05, 0) is 31.5 Å². The Hall–Kier alpha value is -1.55. The van der Waals surface area contributed by atoms with Gasteiger partial charge in [0, 0.05) is 19.5 Å². The van der Waals surface area contributed by atoms with Crippen molar-refractivity contribution in [2.24, 2.45) is 0 Å². The van der Waals surface area contributed by atoms with Gasteiger partial charge in [0.15, 0.2) is 0 Å². The minimum Gasteiger partial charge on any atom is -0.491 e. The summed E-state index contributed by atoms with van der Waals surface area (Å²) in [5, 5.41) is 3.23. The normalized spacial score (nSPS) is 10.5. The van der Waals surface area contributed by atoms with E-state index in [0.29, 0.717) is 19.6 Å². The maximum atomic E-state index is 10.9.